The standard InChI is InChI=1S/C26H20ClFN4O3/c1-33-17-8-10-20(34-2)19(12-17)25-22-23(18-11-15(27)5-9-21(18)35-25)31-26-29-13-30-32(26)24(22)14-3-6-16(28)7-4-14/h3-13,24-25H,1-2H3,(H,29,30,31)/t24-,25-/m0/s1. The van der Waals surface area contributed by atoms with E-state index in [1.807, 2.05) is 30.3 Å². The van der Waals surface area contributed by atoms with Crippen molar-refractivity contribution in [3.63, 3.8) is 0 Å². The second kappa shape index (κ2) is 8.32. The minimum atomic E-state index is -0.580. The van der Waals surface area contributed by atoms with Gasteiger partial charge in [0.25, 0.3) is 0 Å². The van der Waals surface area contributed by atoms with Crippen molar-refractivity contribution in [1.29, 1.82) is 0 Å². The van der Waals surface area contributed by atoms with Gasteiger partial charge in [0.2, 0.25) is 5.95 Å². The molecule has 2 atom stereocenters. The summed E-state index contributed by atoms with van der Waals surface area (Å²) in [5.74, 6) is 2.20. The van der Waals surface area contributed by atoms with Crippen LogP contribution >= 0.6 is 11.6 Å². The molecule has 3 aromatic carbocycles. The molecule has 2 aliphatic heterocycles. The number of nitrogens with zero attached hydrogens (tertiary/aromatic N) is 3. The summed E-state index contributed by atoms with van der Waals surface area (Å²) in [6, 6.07) is 17.0. The van der Waals surface area contributed by atoms with E-state index in [2.05, 4.69) is 15.4 Å². The van der Waals surface area contributed by atoms with Crippen molar-refractivity contribution in [3.8, 4) is 17.2 Å². The average molecular weight is 491 g/mol. The maximum Gasteiger partial charge on any atom is 0.226 e. The Bertz CT molecular complexity index is 1470. The van der Waals surface area contributed by atoms with E-state index in [1.54, 1.807) is 37.1 Å². The predicted molar refractivity (Wildman–Crippen MR) is 129 cm³/mol. The molecule has 1 aromatic heterocycles. The average Bonchev–Trinajstić information content (AvgIpc) is 3.36. The third kappa shape index (κ3) is 3.49. The number of rotatable bonds is 4. The predicted octanol–water partition coefficient (Wildman–Crippen LogP) is 5.65. The molecule has 0 aliphatic carbocycles. The van der Waals surface area contributed by atoms with Crippen molar-refractivity contribution < 1.29 is 18.6 Å². The fourth-order valence-corrected chi connectivity index (χ4v) is 4.88. The zero-order chi connectivity index (χ0) is 24.1. The number of hydrogen-bond donors (Lipinski definition) is 1. The van der Waals surface area contributed by atoms with Crippen LogP contribution in [0.4, 0.5) is 10.3 Å². The Labute approximate surface area is 205 Å². The molecule has 0 bridgehead atoms. The molecule has 0 unspecified atom stereocenters. The van der Waals surface area contributed by atoms with Gasteiger partial charge in [0.15, 0.2) is 6.10 Å². The Morgan fingerprint density at radius 3 is 2.63 bits per heavy atom. The molecular weight excluding hydrogens is 471 g/mol. The number of hydrogen-bond acceptors (Lipinski definition) is 6. The van der Waals surface area contributed by atoms with Crippen LogP contribution in [0.25, 0.3) is 5.70 Å². The van der Waals surface area contributed by atoms with Crippen LogP contribution in [0.2, 0.25) is 5.02 Å². The SMILES string of the molecule is COc1ccc(OC)c([C@@H]2Oc3ccc(Cl)cc3C3=C2[C@H](c2ccc(F)cc2)n2ncnc2N3)c1. The molecule has 0 saturated carbocycles. The van der Waals surface area contributed by atoms with Crippen molar-refractivity contribution in [2.45, 2.75) is 12.1 Å². The molecule has 1 N–H and O–H groups in total. The van der Waals surface area contributed by atoms with Gasteiger partial charge in [-0.15, -0.1) is 0 Å². The zero-order valence-electron chi connectivity index (χ0n) is 18.8. The van der Waals surface area contributed by atoms with Gasteiger partial charge in [-0.2, -0.15) is 10.1 Å². The maximum absolute atomic E-state index is 13.9. The third-order valence-corrected chi connectivity index (χ3v) is 6.52. The van der Waals surface area contributed by atoms with Gasteiger partial charge in [-0.05, 0) is 54.1 Å². The molecular formula is C26H20ClFN4O3. The van der Waals surface area contributed by atoms with Gasteiger partial charge in [-0.3, -0.25) is 0 Å². The van der Waals surface area contributed by atoms with Gasteiger partial charge in [-0.25, -0.2) is 9.07 Å². The lowest BCUT2D eigenvalue weighted by molar-refractivity contribution is 0.217. The minimum Gasteiger partial charge on any atom is -0.497 e. The molecule has 0 saturated heterocycles. The Morgan fingerprint density at radius 2 is 1.86 bits per heavy atom. The van der Waals surface area contributed by atoms with Gasteiger partial charge in [0.1, 0.15) is 35.4 Å². The van der Waals surface area contributed by atoms with Crippen LogP contribution in [0.1, 0.15) is 28.8 Å². The van der Waals surface area contributed by atoms with Crippen LogP contribution in [-0.4, -0.2) is 29.0 Å². The van der Waals surface area contributed by atoms with Gasteiger partial charge < -0.3 is 19.5 Å². The number of aromatic nitrogens is 3. The molecule has 35 heavy (non-hydrogen) atoms. The van der Waals surface area contributed by atoms with E-state index in [9.17, 15) is 4.39 Å². The third-order valence-electron chi connectivity index (χ3n) is 6.28. The van der Waals surface area contributed by atoms with Crippen molar-refractivity contribution in [1.82, 2.24) is 14.8 Å². The summed E-state index contributed by atoms with van der Waals surface area (Å²) >= 11 is 6.38. The van der Waals surface area contributed by atoms with E-state index >= 15 is 0 Å². The second-order valence-corrected chi connectivity index (χ2v) is 8.62. The summed E-state index contributed by atoms with van der Waals surface area (Å²) in [6.07, 6.45) is 0.904. The number of fused-ring (bicyclic) bond motifs is 3. The molecule has 2 aliphatic rings. The highest BCUT2D eigenvalue weighted by Gasteiger charge is 2.42. The van der Waals surface area contributed by atoms with Crippen molar-refractivity contribution in [2.75, 3.05) is 19.5 Å². The lowest BCUT2D eigenvalue weighted by Crippen LogP contribution is -2.32. The molecule has 176 valence electrons. The summed E-state index contributed by atoms with van der Waals surface area (Å²) in [7, 11) is 3.23. The molecule has 0 spiro atoms. The molecule has 7 nitrogen and oxygen atoms in total. The van der Waals surface area contributed by atoms with Crippen LogP contribution in [0, 0.1) is 5.82 Å². The first-order chi connectivity index (χ1) is 17.1. The molecule has 0 amide bonds. The highest BCUT2D eigenvalue weighted by atomic mass is 35.5. The Kier molecular flexibility index (Phi) is 5.11. The summed E-state index contributed by atoms with van der Waals surface area (Å²) in [5.41, 5.74) is 4.06. The lowest BCUT2D eigenvalue weighted by Gasteiger charge is -2.39. The summed E-state index contributed by atoms with van der Waals surface area (Å²) in [4.78, 5) is 4.41. The first-order valence-electron chi connectivity index (χ1n) is 10.9. The van der Waals surface area contributed by atoms with E-state index < -0.39 is 12.1 Å². The quantitative estimate of drug-likeness (QED) is 0.399. The number of methoxy groups -OCH3 is 2. The molecule has 6 rings (SSSR count). The van der Waals surface area contributed by atoms with E-state index in [1.165, 1.54) is 18.5 Å². The lowest BCUT2D eigenvalue weighted by atomic mass is 9.84. The number of anilines is 1. The fraction of sp³-hybridized carbons (Fsp3) is 0.154. The number of benzene rings is 3. The van der Waals surface area contributed by atoms with Gasteiger partial charge in [0.05, 0.1) is 19.9 Å². The zero-order valence-corrected chi connectivity index (χ0v) is 19.6. The number of ether oxygens (including phenoxy) is 3. The number of nitrogens with one attached hydrogen (secondary N) is 1. The molecule has 3 heterocycles. The summed E-state index contributed by atoms with van der Waals surface area (Å²) in [5, 5.41) is 8.48. The second-order valence-electron chi connectivity index (χ2n) is 8.18. The van der Waals surface area contributed by atoms with E-state index in [0.717, 1.165) is 28.0 Å². The van der Waals surface area contributed by atoms with Crippen LogP contribution in [0.5, 0.6) is 17.2 Å². The topological polar surface area (TPSA) is 70.4 Å². The smallest absolute Gasteiger partial charge is 0.226 e. The van der Waals surface area contributed by atoms with Crippen molar-refractivity contribution >= 4 is 23.2 Å². The van der Waals surface area contributed by atoms with Gasteiger partial charge in [0, 0.05) is 21.7 Å². The normalized spacial score (nSPS) is 18.1. The first-order valence-corrected chi connectivity index (χ1v) is 11.3. The minimum absolute atomic E-state index is 0.321. The van der Waals surface area contributed by atoms with E-state index in [-0.39, 0.29) is 5.82 Å². The fourth-order valence-electron chi connectivity index (χ4n) is 4.71. The van der Waals surface area contributed by atoms with E-state index in [0.29, 0.717) is 28.2 Å². The Morgan fingerprint density at radius 1 is 1.03 bits per heavy atom. The monoisotopic (exact) mass is 490 g/mol. The van der Waals surface area contributed by atoms with Gasteiger partial charge >= 0.3 is 0 Å². The number of halogens is 2. The molecule has 4 aromatic rings. The highest BCUT2D eigenvalue weighted by molar-refractivity contribution is 6.30. The highest BCUT2D eigenvalue weighted by Crippen LogP contribution is 2.52. The molecule has 9 heteroatoms. The van der Waals surface area contributed by atoms with Gasteiger partial charge in [-0.1, -0.05) is 23.7 Å². The summed E-state index contributed by atoms with van der Waals surface area (Å²) < 4.78 is 33.5. The maximum atomic E-state index is 13.9. The summed E-state index contributed by atoms with van der Waals surface area (Å²) in [6.45, 7) is 0. The Hall–Kier alpha value is -4.04. The van der Waals surface area contributed by atoms with Crippen LogP contribution < -0.4 is 19.5 Å². The van der Waals surface area contributed by atoms with Crippen molar-refractivity contribution in [3.05, 3.63) is 100 Å². The van der Waals surface area contributed by atoms with Crippen LogP contribution in [0.15, 0.2) is 72.6 Å². The van der Waals surface area contributed by atoms with Crippen LogP contribution in [0.3, 0.4) is 0 Å². The molecule has 0 fully saturated rings. The van der Waals surface area contributed by atoms with E-state index in [4.69, 9.17) is 25.8 Å². The largest absolute Gasteiger partial charge is 0.497 e. The first kappa shape index (κ1) is 21.5. The Balaban J connectivity index is 1.65. The van der Waals surface area contributed by atoms with Crippen LogP contribution in [-0.2, 0) is 0 Å². The molecule has 0 radical (unpaired) electrons. The van der Waals surface area contributed by atoms with Crippen molar-refractivity contribution in [2.24, 2.45) is 0 Å².